The van der Waals surface area contributed by atoms with Gasteiger partial charge in [0.25, 0.3) is 0 Å². The Labute approximate surface area is 91.8 Å². The van der Waals surface area contributed by atoms with E-state index in [0.29, 0.717) is 0 Å². The minimum absolute atomic E-state index is 0.00801. The highest BCUT2D eigenvalue weighted by Crippen LogP contribution is 1.90. The Balaban J connectivity index is 3.41. The highest BCUT2D eigenvalue weighted by atomic mass is 17.7. The molecule has 8 nitrogen and oxygen atoms in total. The maximum Gasteiger partial charge on any atom is 0.442 e. The summed E-state index contributed by atoms with van der Waals surface area (Å²) in [6.07, 6.45) is -0.913. The summed E-state index contributed by atoms with van der Waals surface area (Å²) in [5.74, 6) is -0.533. The number of hydrogen-bond donors (Lipinski definition) is 1. The van der Waals surface area contributed by atoms with Crippen molar-refractivity contribution in [3.8, 4) is 0 Å². The van der Waals surface area contributed by atoms with Gasteiger partial charge in [-0.05, 0) is 12.0 Å². The molecule has 92 valence electrons. The van der Waals surface area contributed by atoms with Crippen LogP contribution in [0.5, 0.6) is 0 Å². The quantitative estimate of drug-likeness (QED) is 0.222. The van der Waals surface area contributed by atoms with Crippen LogP contribution in [-0.4, -0.2) is 32.3 Å². The van der Waals surface area contributed by atoms with Crippen LogP contribution in [0.1, 0.15) is 6.92 Å². The van der Waals surface area contributed by atoms with Crippen LogP contribution in [0.4, 0.5) is 4.79 Å². The lowest BCUT2D eigenvalue weighted by molar-refractivity contribution is -0.609. The summed E-state index contributed by atoms with van der Waals surface area (Å²) >= 11 is 0. The fraction of sp³-hybridized carbons (Fsp3) is 0.500. The van der Waals surface area contributed by atoms with Gasteiger partial charge in [-0.25, -0.2) is 19.4 Å². The van der Waals surface area contributed by atoms with Gasteiger partial charge in [-0.1, -0.05) is 6.58 Å². The van der Waals surface area contributed by atoms with Crippen molar-refractivity contribution in [1.29, 1.82) is 0 Å². The first-order valence-corrected chi connectivity index (χ1v) is 4.22. The van der Waals surface area contributed by atoms with Crippen LogP contribution in [0.15, 0.2) is 12.2 Å². The van der Waals surface area contributed by atoms with Crippen molar-refractivity contribution in [2.45, 2.75) is 6.92 Å². The number of hydrogen-bond acceptors (Lipinski definition) is 7. The second kappa shape index (κ2) is 8.65. The minimum atomic E-state index is -0.913. The molecule has 0 bridgehead atoms. The second-order valence-electron chi connectivity index (χ2n) is 2.52. The summed E-state index contributed by atoms with van der Waals surface area (Å²) in [5, 5.41) is 9.81. The molecule has 0 atom stereocenters. The fourth-order valence-corrected chi connectivity index (χ4v) is 0.522. The van der Waals surface area contributed by atoms with Gasteiger partial charge >= 0.3 is 12.1 Å². The molecule has 0 radical (unpaired) electrons. The Kier molecular flexibility index (Phi) is 7.76. The molecule has 0 aliphatic heterocycles. The topological polar surface area (TPSA) is 92.3 Å². The first-order chi connectivity index (χ1) is 7.57. The Bertz CT molecular complexity index is 253. The van der Waals surface area contributed by atoms with Crippen molar-refractivity contribution >= 4 is 12.1 Å². The predicted octanol–water partition coefficient (Wildman–Crippen LogP) is 0.257. The molecule has 0 aliphatic rings. The smallest absolute Gasteiger partial charge is 0.442 e. The van der Waals surface area contributed by atoms with E-state index in [1.807, 2.05) is 0 Å². The van der Waals surface area contributed by atoms with Crippen molar-refractivity contribution in [2.24, 2.45) is 0 Å². The van der Waals surface area contributed by atoms with Crippen LogP contribution in [-0.2, 0) is 29.4 Å². The molecule has 0 aromatic heterocycles. The number of esters is 1. The minimum Gasteiger partial charge on any atom is -0.460 e. The van der Waals surface area contributed by atoms with Crippen LogP contribution >= 0.6 is 0 Å². The van der Waals surface area contributed by atoms with Crippen molar-refractivity contribution in [2.75, 3.05) is 20.3 Å². The summed E-state index contributed by atoms with van der Waals surface area (Å²) in [6.45, 7) is 4.95. The maximum atomic E-state index is 10.9. The van der Waals surface area contributed by atoms with E-state index >= 15 is 0 Å². The van der Waals surface area contributed by atoms with Crippen molar-refractivity contribution < 1.29 is 34.2 Å². The van der Waals surface area contributed by atoms with Crippen LogP contribution in [0.2, 0.25) is 0 Å². The van der Waals surface area contributed by atoms with E-state index in [1.54, 1.807) is 0 Å². The molecular weight excluding hydrogens is 222 g/mol. The van der Waals surface area contributed by atoms with Gasteiger partial charge < -0.3 is 10.1 Å². The van der Waals surface area contributed by atoms with E-state index in [-0.39, 0.29) is 18.7 Å². The van der Waals surface area contributed by atoms with Crippen LogP contribution in [0.3, 0.4) is 0 Å². The third-order valence-electron chi connectivity index (χ3n) is 1.16. The van der Waals surface area contributed by atoms with Crippen molar-refractivity contribution in [3.05, 3.63) is 12.2 Å². The van der Waals surface area contributed by atoms with Crippen molar-refractivity contribution in [1.82, 2.24) is 5.32 Å². The molecule has 1 amide bonds. The average molecular weight is 235 g/mol. The first-order valence-electron chi connectivity index (χ1n) is 4.22. The Morgan fingerprint density at radius 2 is 2.00 bits per heavy atom. The van der Waals surface area contributed by atoms with Gasteiger partial charge in [-0.3, -0.25) is 0 Å². The van der Waals surface area contributed by atoms with E-state index in [1.165, 1.54) is 14.0 Å². The van der Waals surface area contributed by atoms with Gasteiger partial charge in [-0.2, -0.15) is 0 Å². The molecule has 0 saturated heterocycles. The number of ether oxygens (including phenoxy) is 1. The molecule has 0 rings (SSSR count). The van der Waals surface area contributed by atoms with E-state index in [4.69, 9.17) is 0 Å². The average Bonchev–Trinajstić information content (AvgIpc) is 2.24. The zero-order valence-electron chi connectivity index (χ0n) is 8.98. The fourth-order valence-electron chi connectivity index (χ4n) is 0.522. The summed E-state index contributed by atoms with van der Waals surface area (Å²) < 4.78 is 4.67. The van der Waals surface area contributed by atoms with E-state index in [2.05, 4.69) is 36.5 Å². The summed E-state index contributed by atoms with van der Waals surface area (Å²) in [6, 6.07) is 0. The monoisotopic (exact) mass is 235 g/mol. The molecule has 0 spiro atoms. The molecule has 8 heteroatoms. The SMILES string of the molecule is C=C(C)C(=O)OCCNC(=O)OOOOC. The van der Waals surface area contributed by atoms with Gasteiger partial charge in [0.15, 0.2) is 0 Å². The molecule has 0 heterocycles. The van der Waals surface area contributed by atoms with Gasteiger partial charge in [0.1, 0.15) is 6.61 Å². The highest BCUT2D eigenvalue weighted by Gasteiger charge is 2.05. The molecule has 16 heavy (non-hydrogen) atoms. The summed E-state index contributed by atoms with van der Waals surface area (Å²) in [5.41, 5.74) is 0.277. The third kappa shape index (κ3) is 7.74. The number of rotatable bonds is 7. The van der Waals surface area contributed by atoms with Crippen LogP contribution in [0, 0.1) is 0 Å². The first kappa shape index (κ1) is 14.4. The highest BCUT2D eigenvalue weighted by molar-refractivity contribution is 5.86. The molecule has 0 aliphatic carbocycles. The molecule has 0 saturated carbocycles. The Morgan fingerprint density at radius 3 is 2.56 bits per heavy atom. The third-order valence-corrected chi connectivity index (χ3v) is 1.16. The number of amides is 1. The maximum absolute atomic E-state index is 10.9. The van der Waals surface area contributed by atoms with E-state index in [0.717, 1.165) is 0 Å². The van der Waals surface area contributed by atoms with Gasteiger partial charge in [0.05, 0.1) is 13.7 Å². The standard InChI is InChI=1S/C8H13NO7/c1-6(2)7(10)13-5-4-9-8(11)14-16-15-12-3/h1,4-5H2,2-3H3,(H,9,11). The Morgan fingerprint density at radius 1 is 1.31 bits per heavy atom. The predicted molar refractivity (Wildman–Crippen MR) is 49.4 cm³/mol. The van der Waals surface area contributed by atoms with Gasteiger partial charge in [0.2, 0.25) is 0 Å². The second-order valence-corrected chi connectivity index (χ2v) is 2.52. The number of nitrogens with one attached hydrogen (secondary N) is 1. The van der Waals surface area contributed by atoms with Crippen molar-refractivity contribution in [3.63, 3.8) is 0 Å². The van der Waals surface area contributed by atoms with E-state index in [9.17, 15) is 9.59 Å². The molecule has 1 N–H and O–H groups in total. The van der Waals surface area contributed by atoms with Crippen LogP contribution in [0.25, 0.3) is 0 Å². The zero-order valence-corrected chi connectivity index (χ0v) is 8.98. The zero-order chi connectivity index (χ0) is 12.4. The lowest BCUT2D eigenvalue weighted by Crippen LogP contribution is -2.28. The van der Waals surface area contributed by atoms with E-state index < -0.39 is 12.1 Å². The molecule has 0 aromatic rings. The lowest BCUT2D eigenvalue weighted by atomic mass is 10.4. The lowest BCUT2D eigenvalue weighted by Gasteiger charge is -2.05. The largest absolute Gasteiger partial charge is 0.460 e. The summed E-state index contributed by atoms with van der Waals surface area (Å²) in [4.78, 5) is 29.6. The molecule has 0 aromatic carbocycles. The van der Waals surface area contributed by atoms with Crippen LogP contribution < -0.4 is 5.32 Å². The molecule has 0 fully saturated rings. The molecule has 0 unspecified atom stereocenters. The molecular formula is C8H13NO7. The number of carbonyl (C=O) groups is 2. The summed E-state index contributed by atoms with van der Waals surface area (Å²) in [7, 11) is 1.17. The van der Waals surface area contributed by atoms with Gasteiger partial charge in [-0.15, -0.1) is 0 Å². The number of carbonyl (C=O) groups excluding carboxylic acids is 2. The van der Waals surface area contributed by atoms with Gasteiger partial charge in [0, 0.05) is 10.6 Å². The normalized spacial score (nSPS) is 9.38. The Hall–Kier alpha value is -1.64.